The zero-order valence-electron chi connectivity index (χ0n) is 34.3. The third-order valence-corrected chi connectivity index (χ3v) is 16.5. The molecule has 0 radical (unpaired) electrons. The summed E-state index contributed by atoms with van der Waals surface area (Å²) < 4.78 is 29.7. The van der Waals surface area contributed by atoms with E-state index in [2.05, 4.69) is 134 Å². The van der Waals surface area contributed by atoms with Crippen LogP contribution in [0, 0.1) is 0 Å². The standard InChI is InChI=1S/C46H68NO3PS/c1-44(2,3)38-30-34(31-39(42(38)49-11)45(4,5)6)41(47(10)52(48)46(7,8)9)37-28-21-29-40(50-32-33-22-15-12-16-23-33)43(37)51(35-24-17-13-18-25-35)36-26-19-14-20-27-36/h12,15-16,21-23,28-31,35-36,41H,13-14,17-20,24-27,32H2,1-11H3. The quantitative estimate of drug-likeness (QED) is 0.183. The molecule has 0 amide bonds. The van der Waals surface area contributed by atoms with E-state index in [4.69, 9.17) is 9.47 Å². The van der Waals surface area contributed by atoms with Crippen LogP contribution in [-0.4, -0.2) is 38.7 Å². The molecule has 0 aliphatic heterocycles. The smallest absolute Gasteiger partial charge is 0.127 e. The average molecular weight is 746 g/mol. The molecule has 2 unspecified atom stereocenters. The summed E-state index contributed by atoms with van der Waals surface area (Å²) in [4.78, 5) is 0. The van der Waals surface area contributed by atoms with Crippen LogP contribution >= 0.6 is 7.92 Å². The lowest BCUT2D eigenvalue weighted by atomic mass is 9.77. The van der Waals surface area contributed by atoms with Gasteiger partial charge in [0.1, 0.15) is 29.1 Å². The van der Waals surface area contributed by atoms with Crippen LogP contribution in [0.25, 0.3) is 0 Å². The van der Waals surface area contributed by atoms with Crippen molar-refractivity contribution in [1.29, 1.82) is 0 Å². The average Bonchev–Trinajstić information content (AvgIpc) is 3.11. The van der Waals surface area contributed by atoms with Crippen LogP contribution in [0.4, 0.5) is 0 Å². The van der Waals surface area contributed by atoms with E-state index in [0.29, 0.717) is 17.9 Å². The molecule has 0 heterocycles. The highest BCUT2D eigenvalue weighted by molar-refractivity contribution is 7.84. The molecule has 286 valence electrons. The summed E-state index contributed by atoms with van der Waals surface area (Å²) in [6.07, 6.45) is 13.2. The normalized spacial score (nSPS) is 18.1. The number of methoxy groups -OCH3 is 1. The van der Waals surface area contributed by atoms with Crippen LogP contribution in [0.1, 0.15) is 160 Å². The molecule has 0 bridgehead atoms. The highest BCUT2D eigenvalue weighted by atomic mass is 32.2. The molecule has 2 aliphatic carbocycles. The number of benzene rings is 3. The first kappa shape index (κ1) is 41.0. The second-order valence-corrected chi connectivity index (χ2v) is 23.4. The minimum atomic E-state index is -1.28. The fourth-order valence-electron chi connectivity index (χ4n) is 8.53. The summed E-state index contributed by atoms with van der Waals surface area (Å²) in [5.74, 6) is 2.00. The summed E-state index contributed by atoms with van der Waals surface area (Å²) in [5.41, 5.74) is 7.06. The van der Waals surface area contributed by atoms with Crippen molar-refractivity contribution >= 4 is 24.2 Å². The van der Waals surface area contributed by atoms with Gasteiger partial charge in [0.15, 0.2) is 0 Å². The van der Waals surface area contributed by atoms with Gasteiger partial charge >= 0.3 is 0 Å². The van der Waals surface area contributed by atoms with Crippen molar-refractivity contribution in [3.8, 4) is 11.5 Å². The Morgan fingerprint density at radius 1 is 0.750 bits per heavy atom. The van der Waals surface area contributed by atoms with Crippen LogP contribution in [0.2, 0.25) is 0 Å². The minimum Gasteiger partial charge on any atom is -0.496 e. The minimum absolute atomic E-state index is 0.159. The van der Waals surface area contributed by atoms with Crippen molar-refractivity contribution in [1.82, 2.24) is 4.31 Å². The predicted molar refractivity (Wildman–Crippen MR) is 225 cm³/mol. The van der Waals surface area contributed by atoms with Crippen LogP contribution in [0.5, 0.6) is 11.5 Å². The summed E-state index contributed by atoms with van der Waals surface area (Å²) >= 11 is 0. The molecule has 2 atom stereocenters. The first-order chi connectivity index (χ1) is 24.5. The van der Waals surface area contributed by atoms with Crippen molar-refractivity contribution in [2.24, 2.45) is 0 Å². The molecule has 2 aliphatic rings. The molecule has 2 fully saturated rings. The maximum absolute atomic E-state index is 14.7. The highest BCUT2D eigenvalue weighted by Gasteiger charge is 2.40. The van der Waals surface area contributed by atoms with Crippen LogP contribution in [-0.2, 0) is 28.4 Å². The molecular formula is C46H68NO3PS. The van der Waals surface area contributed by atoms with Gasteiger partial charge in [0.25, 0.3) is 0 Å². The van der Waals surface area contributed by atoms with E-state index in [0.717, 1.165) is 11.5 Å². The van der Waals surface area contributed by atoms with Gasteiger partial charge in [-0.2, -0.15) is 0 Å². The molecule has 4 nitrogen and oxygen atoms in total. The Morgan fingerprint density at radius 3 is 1.73 bits per heavy atom. The lowest BCUT2D eigenvalue weighted by Crippen LogP contribution is -2.40. The zero-order valence-corrected chi connectivity index (χ0v) is 36.0. The first-order valence-electron chi connectivity index (χ1n) is 20.0. The van der Waals surface area contributed by atoms with Gasteiger partial charge in [-0.3, -0.25) is 0 Å². The van der Waals surface area contributed by atoms with Crippen LogP contribution in [0.3, 0.4) is 0 Å². The van der Waals surface area contributed by atoms with Gasteiger partial charge in [-0.15, -0.1) is 0 Å². The molecular weight excluding hydrogens is 678 g/mol. The van der Waals surface area contributed by atoms with E-state index < -0.39 is 23.7 Å². The Bertz CT molecular complexity index is 1590. The molecule has 0 spiro atoms. The molecule has 3 aromatic carbocycles. The first-order valence-corrected chi connectivity index (χ1v) is 22.6. The topological polar surface area (TPSA) is 38.8 Å². The van der Waals surface area contributed by atoms with Crippen molar-refractivity contribution in [3.05, 3.63) is 88.5 Å². The molecule has 0 aromatic heterocycles. The zero-order chi connectivity index (χ0) is 37.8. The molecule has 0 saturated heterocycles. The van der Waals surface area contributed by atoms with Gasteiger partial charge in [-0.25, -0.2) is 8.51 Å². The van der Waals surface area contributed by atoms with Gasteiger partial charge in [-0.1, -0.05) is 130 Å². The van der Waals surface area contributed by atoms with Gasteiger partial charge in [0.2, 0.25) is 0 Å². The molecule has 3 aromatic rings. The van der Waals surface area contributed by atoms with Gasteiger partial charge in [-0.05, 0) is 103 Å². The maximum atomic E-state index is 14.7. The summed E-state index contributed by atoms with van der Waals surface area (Å²) in [6, 6.07) is 21.9. The fraction of sp³-hybridized carbons (Fsp3) is 0.609. The van der Waals surface area contributed by atoms with Gasteiger partial charge in [0, 0.05) is 23.5 Å². The number of hydrogen-bond donors (Lipinski definition) is 0. The third kappa shape index (κ3) is 9.53. The number of nitrogens with zero attached hydrogens (tertiary/aromatic N) is 1. The molecule has 52 heavy (non-hydrogen) atoms. The molecule has 0 N–H and O–H groups in total. The lowest BCUT2D eigenvalue weighted by molar-refractivity contribution is 0.308. The van der Waals surface area contributed by atoms with E-state index in [-0.39, 0.29) is 16.9 Å². The number of hydrogen-bond acceptors (Lipinski definition) is 3. The Hall–Kier alpha value is -2.20. The Balaban J connectivity index is 1.84. The fourth-order valence-corrected chi connectivity index (χ4v) is 13.9. The predicted octanol–water partition coefficient (Wildman–Crippen LogP) is 12.1. The van der Waals surface area contributed by atoms with E-state index in [9.17, 15) is 4.21 Å². The van der Waals surface area contributed by atoms with Crippen LogP contribution in [0.15, 0.2) is 60.7 Å². The third-order valence-electron chi connectivity index (χ3n) is 11.2. The largest absolute Gasteiger partial charge is 0.496 e. The van der Waals surface area contributed by atoms with Crippen molar-refractivity contribution in [3.63, 3.8) is 0 Å². The number of rotatable bonds is 11. The second-order valence-electron chi connectivity index (χ2n) is 18.4. The van der Waals surface area contributed by atoms with E-state index in [1.54, 1.807) is 0 Å². The second kappa shape index (κ2) is 17.1. The highest BCUT2D eigenvalue weighted by Crippen LogP contribution is 2.58. The van der Waals surface area contributed by atoms with Crippen molar-refractivity contribution < 1.29 is 13.7 Å². The van der Waals surface area contributed by atoms with Gasteiger partial charge < -0.3 is 9.47 Å². The van der Waals surface area contributed by atoms with E-state index >= 15 is 0 Å². The Morgan fingerprint density at radius 2 is 1.27 bits per heavy atom. The lowest BCUT2D eigenvalue weighted by Gasteiger charge is -2.42. The Kier molecular flexibility index (Phi) is 13.5. The van der Waals surface area contributed by atoms with E-state index in [1.807, 2.05) is 7.11 Å². The SMILES string of the molecule is COc1c(C(C)(C)C)cc(C(c2cccc(OCc3ccccc3)c2P(C2CCCCC2)C2CCCCC2)N(C)S(=O)C(C)(C)C)cc1C(C)(C)C. The van der Waals surface area contributed by atoms with E-state index in [1.165, 1.54) is 97.3 Å². The maximum Gasteiger partial charge on any atom is 0.127 e. The molecule has 2 saturated carbocycles. The van der Waals surface area contributed by atoms with Crippen molar-refractivity contribution in [2.75, 3.05) is 14.2 Å². The van der Waals surface area contributed by atoms with Crippen LogP contribution < -0.4 is 14.8 Å². The van der Waals surface area contributed by atoms with Crippen molar-refractivity contribution in [2.45, 2.75) is 166 Å². The monoisotopic (exact) mass is 745 g/mol. The summed E-state index contributed by atoms with van der Waals surface area (Å²) in [7, 11) is 2.07. The van der Waals surface area contributed by atoms with Gasteiger partial charge in [0.05, 0.1) is 17.9 Å². The molecule has 6 heteroatoms. The summed E-state index contributed by atoms with van der Waals surface area (Å²) in [5, 5.41) is 1.43. The summed E-state index contributed by atoms with van der Waals surface area (Å²) in [6.45, 7) is 20.5. The molecule has 5 rings (SSSR count). The number of ether oxygens (including phenoxy) is 2. The Labute approximate surface area is 321 Å².